The Morgan fingerprint density at radius 2 is 1.64 bits per heavy atom. The van der Waals surface area contributed by atoms with Gasteiger partial charge in [0.2, 0.25) is 0 Å². The van der Waals surface area contributed by atoms with Gasteiger partial charge < -0.3 is 15.0 Å². The van der Waals surface area contributed by atoms with Gasteiger partial charge in [0.1, 0.15) is 5.60 Å². The van der Waals surface area contributed by atoms with Gasteiger partial charge in [0, 0.05) is 25.7 Å². The summed E-state index contributed by atoms with van der Waals surface area (Å²) < 4.78 is 5.52. The molecule has 0 aliphatic carbocycles. The maximum Gasteiger partial charge on any atom is 0.410 e. The Morgan fingerprint density at radius 1 is 0.964 bits per heavy atom. The van der Waals surface area contributed by atoms with Gasteiger partial charge in [-0.3, -0.25) is 4.79 Å². The molecule has 5 nitrogen and oxygen atoms in total. The van der Waals surface area contributed by atoms with Crippen molar-refractivity contribution in [3.05, 3.63) is 59.2 Å². The molecular weight excluding hydrogens is 352 g/mol. The number of carbonyl (C=O) groups excluding carboxylic acids is 2. The van der Waals surface area contributed by atoms with E-state index in [2.05, 4.69) is 23.5 Å². The summed E-state index contributed by atoms with van der Waals surface area (Å²) in [6.45, 7) is 6.96. The fourth-order valence-corrected chi connectivity index (χ4v) is 3.40. The third kappa shape index (κ3) is 4.71. The first kappa shape index (κ1) is 19.9. The van der Waals surface area contributed by atoms with E-state index in [1.807, 2.05) is 45.0 Å². The van der Waals surface area contributed by atoms with E-state index in [9.17, 15) is 9.59 Å². The monoisotopic (exact) mass is 380 g/mol. The summed E-state index contributed by atoms with van der Waals surface area (Å²) >= 11 is 0. The van der Waals surface area contributed by atoms with E-state index >= 15 is 0 Å². The number of nitrogens with zero attached hydrogens (tertiary/aromatic N) is 1. The quantitative estimate of drug-likeness (QED) is 0.855. The zero-order valence-corrected chi connectivity index (χ0v) is 17.0. The van der Waals surface area contributed by atoms with Crippen LogP contribution in [0.3, 0.4) is 0 Å². The first-order valence-electron chi connectivity index (χ1n) is 9.69. The molecule has 0 bridgehead atoms. The van der Waals surface area contributed by atoms with Gasteiger partial charge in [-0.25, -0.2) is 4.79 Å². The first-order chi connectivity index (χ1) is 13.3. The highest BCUT2D eigenvalue weighted by molar-refractivity contribution is 5.95. The zero-order valence-electron chi connectivity index (χ0n) is 17.0. The molecular formula is C23H28N2O3. The Balaban J connectivity index is 1.79. The van der Waals surface area contributed by atoms with Crippen LogP contribution in [0.25, 0.3) is 11.1 Å². The molecule has 0 radical (unpaired) electrons. The summed E-state index contributed by atoms with van der Waals surface area (Å²) in [6, 6.07) is 14.0. The number of hydrogen-bond acceptors (Lipinski definition) is 3. The van der Waals surface area contributed by atoms with Crippen LogP contribution in [0.4, 0.5) is 4.79 Å². The van der Waals surface area contributed by atoms with Crippen LogP contribution >= 0.6 is 0 Å². The number of carbonyl (C=O) groups is 2. The Kier molecular flexibility index (Phi) is 5.73. The van der Waals surface area contributed by atoms with Crippen molar-refractivity contribution in [3.63, 3.8) is 0 Å². The summed E-state index contributed by atoms with van der Waals surface area (Å²) in [5.74, 6) is -0.0930. The molecule has 0 spiro atoms. The fraction of sp³-hybridized carbons (Fsp3) is 0.391. The van der Waals surface area contributed by atoms with E-state index in [0.717, 1.165) is 24.0 Å². The van der Waals surface area contributed by atoms with E-state index < -0.39 is 5.60 Å². The van der Waals surface area contributed by atoms with Gasteiger partial charge in [0.05, 0.1) is 0 Å². The number of nitrogens with one attached hydrogen (secondary N) is 1. The molecule has 0 fully saturated rings. The summed E-state index contributed by atoms with van der Waals surface area (Å²) in [7, 11) is 1.63. The van der Waals surface area contributed by atoms with E-state index in [4.69, 9.17) is 4.74 Å². The second kappa shape index (κ2) is 8.05. The second-order valence-corrected chi connectivity index (χ2v) is 8.11. The van der Waals surface area contributed by atoms with Crippen molar-refractivity contribution in [2.24, 2.45) is 0 Å². The van der Waals surface area contributed by atoms with Crippen LogP contribution in [0.15, 0.2) is 42.5 Å². The fourth-order valence-electron chi connectivity index (χ4n) is 3.40. The lowest BCUT2D eigenvalue weighted by molar-refractivity contribution is 0.0258. The average molecular weight is 380 g/mol. The molecule has 5 heteroatoms. The molecule has 2 amide bonds. The molecule has 0 saturated heterocycles. The highest BCUT2D eigenvalue weighted by Crippen LogP contribution is 2.26. The van der Waals surface area contributed by atoms with E-state index in [1.165, 1.54) is 11.1 Å². The molecule has 148 valence electrons. The highest BCUT2D eigenvalue weighted by atomic mass is 16.6. The second-order valence-electron chi connectivity index (χ2n) is 8.11. The average Bonchev–Trinajstić information content (AvgIpc) is 2.88. The van der Waals surface area contributed by atoms with Crippen molar-refractivity contribution >= 4 is 12.0 Å². The minimum atomic E-state index is -0.487. The maximum atomic E-state index is 12.4. The number of amides is 2. The molecule has 0 unspecified atom stereocenters. The summed E-state index contributed by atoms with van der Waals surface area (Å²) in [4.78, 5) is 26.1. The summed E-state index contributed by atoms with van der Waals surface area (Å²) in [6.07, 6.45) is 1.35. The largest absolute Gasteiger partial charge is 0.444 e. The van der Waals surface area contributed by atoms with Crippen LogP contribution in [0.1, 0.15) is 42.3 Å². The van der Waals surface area contributed by atoms with Crippen molar-refractivity contribution < 1.29 is 14.3 Å². The van der Waals surface area contributed by atoms with Gasteiger partial charge in [-0.05, 0) is 68.0 Å². The number of ether oxygens (including phenoxy) is 1. The van der Waals surface area contributed by atoms with Crippen LogP contribution in [-0.2, 0) is 17.6 Å². The van der Waals surface area contributed by atoms with Crippen LogP contribution in [0.5, 0.6) is 0 Å². The van der Waals surface area contributed by atoms with Crippen LogP contribution < -0.4 is 5.32 Å². The van der Waals surface area contributed by atoms with Crippen molar-refractivity contribution in [2.45, 2.75) is 39.2 Å². The Hall–Kier alpha value is -2.82. The smallest absolute Gasteiger partial charge is 0.410 e. The lowest BCUT2D eigenvalue weighted by Gasteiger charge is -2.26. The molecule has 0 aromatic heterocycles. The summed E-state index contributed by atoms with van der Waals surface area (Å²) in [5, 5.41) is 2.66. The van der Waals surface area contributed by atoms with E-state index in [0.29, 0.717) is 18.7 Å². The van der Waals surface area contributed by atoms with Gasteiger partial charge in [0.25, 0.3) is 5.91 Å². The van der Waals surface area contributed by atoms with E-state index in [-0.39, 0.29) is 12.0 Å². The molecule has 2 aromatic rings. The molecule has 1 aliphatic heterocycles. The minimum Gasteiger partial charge on any atom is -0.444 e. The van der Waals surface area contributed by atoms with Crippen molar-refractivity contribution in [1.29, 1.82) is 0 Å². The van der Waals surface area contributed by atoms with Gasteiger partial charge in [0.15, 0.2) is 0 Å². The molecule has 0 atom stereocenters. The number of hydrogen-bond donors (Lipinski definition) is 1. The first-order valence-corrected chi connectivity index (χ1v) is 9.69. The molecule has 1 aliphatic rings. The summed E-state index contributed by atoms with van der Waals surface area (Å²) in [5.41, 5.74) is 4.75. The molecule has 3 rings (SSSR count). The molecule has 2 aromatic carbocycles. The number of fused-ring (bicyclic) bond motifs is 1. The highest BCUT2D eigenvalue weighted by Gasteiger charge is 2.24. The third-order valence-electron chi connectivity index (χ3n) is 4.85. The number of benzene rings is 2. The van der Waals surface area contributed by atoms with Crippen molar-refractivity contribution in [3.8, 4) is 11.1 Å². The van der Waals surface area contributed by atoms with Crippen molar-refractivity contribution in [1.82, 2.24) is 10.2 Å². The lowest BCUT2D eigenvalue weighted by Crippen LogP contribution is -2.38. The Morgan fingerprint density at radius 3 is 2.32 bits per heavy atom. The minimum absolute atomic E-state index is 0.0930. The van der Waals surface area contributed by atoms with Gasteiger partial charge in [-0.1, -0.05) is 30.3 Å². The van der Waals surface area contributed by atoms with E-state index in [1.54, 1.807) is 11.9 Å². The van der Waals surface area contributed by atoms with Crippen LogP contribution in [0.2, 0.25) is 0 Å². The van der Waals surface area contributed by atoms with Gasteiger partial charge in [-0.15, -0.1) is 0 Å². The lowest BCUT2D eigenvalue weighted by atomic mass is 9.95. The normalized spacial score (nSPS) is 14.1. The topological polar surface area (TPSA) is 58.6 Å². The Labute approximate surface area is 166 Å². The maximum absolute atomic E-state index is 12.4. The molecule has 1 heterocycles. The molecule has 1 N–H and O–H groups in total. The third-order valence-corrected chi connectivity index (χ3v) is 4.85. The van der Waals surface area contributed by atoms with Crippen LogP contribution in [-0.4, -0.2) is 42.6 Å². The van der Waals surface area contributed by atoms with Gasteiger partial charge in [-0.2, -0.15) is 0 Å². The van der Waals surface area contributed by atoms with Crippen molar-refractivity contribution in [2.75, 3.05) is 20.1 Å². The van der Waals surface area contributed by atoms with Gasteiger partial charge >= 0.3 is 6.09 Å². The molecule has 0 saturated carbocycles. The predicted molar refractivity (Wildman–Crippen MR) is 110 cm³/mol. The van der Waals surface area contributed by atoms with Crippen LogP contribution in [0, 0.1) is 0 Å². The predicted octanol–water partition coefficient (Wildman–Crippen LogP) is 4.05. The number of rotatable bonds is 2. The SMILES string of the molecule is CNC(=O)c1cccc(-c2ccc3c(c2)CCN(C(=O)OC(C)(C)C)CC3)c1. The zero-order chi connectivity index (χ0) is 20.3. The molecule has 28 heavy (non-hydrogen) atoms. The Bertz CT molecular complexity index is 884. The standard InChI is InChI=1S/C23H28N2O3/c1-23(2,3)28-22(27)25-12-10-16-8-9-18(14-19(16)11-13-25)17-6-5-7-20(15-17)21(26)24-4/h5-9,14-15H,10-13H2,1-4H3,(H,24,26).